The van der Waals surface area contributed by atoms with Crippen molar-refractivity contribution in [3.05, 3.63) is 88.5 Å². The van der Waals surface area contributed by atoms with Crippen molar-refractivity contribution < 1.29 is 4.42 Å². The molecule has 0 N–H and O–H groups in total. The Balaban J connectivity index is 1.94. The Morgan fingerprint density at radius 2 is 1.50 bits per heavy atom. The van der Waals surface area contributed by atoms with Gasteiger partial charge in [0.1, 0.15) is 11.2 Å². The summed E-state index contributed by atoms with van der Waals surface area (Å²) in [4.78, 5) is 0. The summed E-state index contributed by atoms with van der Waals surface area (Å²) in [5, 5.41) is 2.55. The molecule has 0 amide bonds. The van der Waals surface area contributed by atoms with Crippen molar-refractivity contribution in [2.24, 2.45) is 0 Å². The molecular weight excluding hydrogens is 316 g/mol. The van der Waals surface area contributed by atoms with E-state index in [0.717, 1.165) is 11.2 Å². The van der Waals surface area contributed by atoms with Gasteiger partial charge in [0.2, 0.25) is 0 Å². The standard InChI is InChI=1S/C25H20O/c1-14-13-17-16-8-5-11-20-23(16)24-19(10-6-12-21(24)26-20)25(2,3)18-9-4-7-15(14)22(17)18/h4-14H,1-3H3. The van der Waals surface area contributed by atoms with Crippen molar-refractivity contribution in [1.82, 2.24) is 0 Å². The minimum absolute atomic E-state index is 0.0850. The van der Waals surface area contributed by atoms with Crippen LogP contribution in [0.5, 0.6) is 0 Å². The first kappa shape index (κ1) is 14.4. The van der Waals surface area contributed by atoms with Crippen molar-refractivity contribution in [3.8, 4) is 0 Å². The molecule has 1 nitrogen and oxygen atoms in total. The van der Waals surface area contributed by atoms with Crippen LogP contribution < -0.4 is 0 Å². The number of benzene rings is 3. The second-order valence-electron chi connectivity index (χ2n) is 8.22. The Hall–Kier alpha value is -2.80. The van der Waals surface area contributed by atoms with Gasteiger partial charge in [0.05, 0.1) is 0 Å². The maximum Gasteiger partial charge on any atom is 0.136 e. The minimum atomic E-state index is -0.0850. The normalized spacial score (nSPS) is 19.5. The number of fused-ring (bicyclic) bond motifs is 1. The number of allylic oxidation sites excluding steroid dienone is 1. The summed E-state index contributed by atoms with van der Waals surface area (Å²) in [6.07, 6.45) is 2.44. The van der Waals surface area contributed by atoms with Crippen LogP contribution in [0.1, 0.15) is 54.5 Å². The third kappa shape index (κ3) is 1.53. The maximum absolute atomic E-state index is 6.27. The van der Waals surface area contributed by atoms with Crippen LogP contribution in [0.2, 0.25) is 0 Å². The first-order valence-electron chi connectivity index (χ1n) is 9.38. The van der Waals surface area contributed by atoms with Gasteiger partial charge in [-0.3, -0.25) is 0 Å². The molecule has 1 heteroatoms. The molecule has 0 bridgehead atoms. The third-order valence-electron chi connectivity index (χ3n) is 6.43. The maximum atomic E-state index is 6.27. The van der Waals surface area contributed by atoms with Gasteiger partial charge < -0.3 is 4.42 Å². The van der Waals surface area contributed by atoms with Gasteiger partial charge in [-0.1, -0.05) is 69.3 Å². The van der Waals surface area contributed by atoms with E-state index in [2.05, 4.69) is 81.4 Å². The molecule has 0 radical (unpaired) electrons. The molecule has 126 valence electrons. The van der Waals surface area contributed by atoms with E-state index < -0.39 is 0 Å². The zero-order valence-corrected chi connectivity index (χ0v) is 15.3. The van der Waals surface area contributed by atoms with Crippen LogP contribution in [0, 0.1) is 0 Å². The molecule has 0 aliphatic heterocycles. The third-order valence-corrected chi connectivity index (χ3v) is 6.43. The molecule has 1 aromatic heterocycles. The van der Waals surface area contributed by atoms with Gasteiger partial charge >= 0.3 is 0 Å². The fourth-order valence-corrected chi connectivity index (χ4v) is 5.18. The smallest absolute Gasteiger partial charge is 0.136 e. The largest absolute Gasteiger partial charge is 0.456 e. The van der Waals surface area contributed by atoms with E-state index in [1.807, 2.05) is 0 Å². The van der Waals surface area contributed by atoms with Crippen molar-refractivity contribution in [2.75, 3.05) is 0 Å². The van der Waals surface area contributed by atoms with Gasteiger partial charge in [-0.25, -0.2) is 0 Å². The van der Waals surface area contributed by atoms with Crippen LogP contribution in [-0.4, -0.2) is 0 Å². The Morgan fingerprint density at radius 1 is 0.808 bits per heavy atom. The van der Waals surface area contributed by atoms with E-state index >= 15 is 0 Å². The molecule has 1 unspecified atom stereocenters. The van der Waals surface area contributed by atoms with Crippen molar-refractivity contribution in [3.63, 3.8) is 0 Å². The second kappa shape index (κ2) is 4.48. The van der Waals surface area contributed by atoms with Crippen LogP contribution in [0.3, 0.4) is 0 Å². The molecule has 4 aromatic rings. The number of hydrogen-bond donors (Lipinski definition) is 0. The van der Waals surface area contributed by atoms with E-state index in [0.29, 0.717) is 5.92 Å². The average Bonchev–Trinajstić information content (AvgIpc) is 3.18. The number of hydrogen-bond acceptors (Lipinski definition) is 1. The topological polar surface area (TPSA) is 13.1 Å². The highest BCUT2D eigenvalue weighted by molar-refractivity contribution is 6.14. The first-order chi connectivity index (χ1) is 12.6. The SMILES string of the molecule is CC1C=C2c3c1cccc3C(C)(C)c1cccc3oc4cccc2c4c13. The van der Waals surface area contributed by atoms with Gasteiger partial charge in [-0.15, -0.1) is 0 Å². The quantitative estimate of drug-likeness (QED) is 0.345. The van der Waals surface area contributed by atoms with Crippen LogP contribution in [0.15, 0.2) is 65.1 Å². The van der Waals surface area contributed by atoms with Crippen LogP contribution in [0.25, 0.3) is 27.5 Å². The summed E-state index contributed by atoms with van der Waals surface area (Å²) in [6.45, 7) is 7.01. The zero-order valence-electron chi connectivity index (χ0n) is 15.3. The molecule has 0 saturated carbocycles. The molecule has 0 saturated heterocycles. The Kier molecular flexibility index (Phi) is 2.48. The molecular formula is C25H20O. The summed E-state index contributed by atoms with van der Waals surface area (Å²) in [5.41, 5.74) is 10.2. The van der Waals surface area contributed by atoms with Gasteiger partial charge in [0.15, 0.2) is 0 Å². The Morgan fingerprint density at radius 3 is 2.35 bits per heavy atom. The molecule has 6 rings (SSSR count). The molecule has 1 heterocycles. The summed E-state index contributed by atoms with van der Waals surface area (Å²) < 4.78 is 6.27. The zero-order chi connectivity index (χ0) is 17.6. The van der Waals surface area contributed by atoms with Crippen molar-refractivity contribution >= 4 is 27.5 Å². The average molecular weight is 336 g/mol. The highest BCUT2D eigenvalue weighted by Crippen LogP contribution is 2.52. The van der Waals surface area contributed by atoms with Gasteiger partial charge in [-0.05, 0) is 45.5 Å². The van der Waals surface area contributed by atoms with E-state index in [1.54, 1.807) is 0 Å². The van der Waals surface area contributed by atoms with E-state index in [-0.39, 0.29) is 5.41 Å². The fourth-order valence-electron chi connectivity index (χ4n) is 5.18. The predicted octanol–water partition coefficient (Wildman–Crippen LogP) is 6.77. The molecule has 3 aromatic carbocycles. The monoisotopic (exact) mass is 336 g/mol. The predicted molar refractivity (Wildman–Crippen MR) is 108 cm³/mol. The Labute approximate surface area is 152 Å². The summed E-state index contributed by atoms with van der Waals surface area (Å²) in [5.74, 6) is 0.439. The first-order valence-corrected chi connectivity index (χ1v) is 9.38. The van der Waals surface area contributed by atoms with E-state index in [9.17, 15) is 0 Å². The second-order valence-corrected chi connectivity index (χ2v) is 8.22. The lowest BCUT2D eigenvalue weighted by Gasteiger charge is -2.32. The van der Waals surface area contributed by atoms with Crippen molar-refractivity contribution in [2.45, 2.75) is 32.1 Å². The van der Waals surface area contributed by atoms with E-state index in [4.69, 9.17) is 4.42 Å². The molecule has 1 atom stereocenters. The van der Waals surface area contributed by atoms with Gasteiger partial charge in [0.25, 0.3) is 0 Å². The summed E-state index contributed by atoms with van der Waals surface area (Å²) in [6, 6.07) is 19.8. The lowest BCUT2D eigenvalue weighted by Crippen LogP contribution is -2.22. The highest BCUT2D eigenvalue weighted by Gasteiger charge is 2.36. The van der Waals surface area contributed by atoms with E-state index in [1.165, 1.54) is 44.2 Å². The minimum Gasteiger partial charge on any atom is -0.456 e. The van der Waals surface area contributed by atoms with Gasteiger partial charge in [0, 0.05) is 22.1 Å². The Bertz CT molecular complexity index is 1270. The number of rotatable bonds is 0. The molecule has 0 fully saturated rings. The van der Waals surface area contributed by atoms with Crippen LogP contribution >= 0.6 is 0 Å². The lowest BCUT2D eigenvalue weighted by atomic mass is 9.71. The molecule has 0 spiro atoms. The molecule has 2 aliphatic carbocycles. The summed E-state index contributed by atoms with van der Waals surface area (Å²) in [7, 11) is 0. The van der Waals surface area contributed by atoms with Crippen molar-refractivity contribution in [1.29, 1.82) is 0 Å². The fraction of sp³-hybridized carbons (Fsp3) is 0.200. The molecule has 2 aliphatic rings. The van der Waals surface area contributed by atoms with Crippen LogP contribution in [-0.2, 0) is 5.41 Å². The highest BCUT2D eigenvalue weighted by atomic mass is 16.3. The molecule has 26 heavy (non-hydrogen) atoms. The summed E-state index contributed by atoms with van der Waals surface area (Å²) >= 11 is 0. The number of furan rings is 1. The lowest BCUT2D eigenvalue weighted by molar-refractivity contribution is 0.640. The van der Waals surface area contributed by atoms with Gasteiger partial charge in [-0.2, -0.15) is 0 Å². The van der Waals surface area contributed by atoms with Crippen LogP contribution in [0.4, 0.5) is 0 Å².